The van der Waals surface area contributed by atoms with Gasteiger partial charge in [-0.15, -0.1) is 0 Å². The molecular formula is C62H48N2. The van der Waals surface area contributed by atoms with Gasteiger partial charge in [-0.25, -0.2) is 0 Å². The molecule has 0 aliphatic carbocycles. The Kier molecular flexibility index (Phi) is 9.78. The minimum absolute atomic E-state index is 0.0963. The number of hydrogen-bond donors (Lipinski definition) is 0. The molecule has 0 bridgehead atoms. The lowest BCUT2D eigenvalue weighted by molar-refractivity contribution is 0.590. The second-order valence-electron chi connectivity index (χ2n) is 17.8. The zero-order chi connectivity index (χ0) is 43.2. The van der Waals surface area contributed by atoms with E-state index in [1.54, 1.807) is 0 Å². The van der Waals surface area contributed by atoms with Crippen molar-refractivity contribution in [3.05, 3.63) is 242 Å². The highest BCUT2D eigenvalue weighted by Gasteiger charge is 2.20. The van der Waals surface area contributed by atoms with E-state index in [0.29, 0.717) is 0 Å². The van der Waals surface area contributed by atoms with Gasteiger partial charge < -0.3 is 9.47 Å². The zero-order valence-corrected chi connectivity index (χ0v) is 36.4. The van der Waals surface area contributed by atoms with Gasteiger partial charge in [-0.3, -0.25) is 0 Å². The Morgan fingerprint density at radius 1 is 0.328 bits per heavy atom. The van der Waals surface area contributed by atoms with Crippen molar-refractivity contribution in [2.75, 3.05) is 4.90 Å². The third-order valence-electron chi connectivity index (χ3n) is 12.8. The predicted octanol–water partition coefficient (Wildman–Crippen LogP) is 17.4. The van der Waals surface area contributed by atoms with E-state index in [-0.39, 0.29) is 5.41 Å². The van der Waals surface area contributed by atoms with Crippen LogP contribution >= 0.6 is 0 Å². The third-order valence-corrected chi connectivity index (χ3v) is 12.8. The number of para-hydroxylation sites is 2. The average Bonchev–Trinajstić information content (AvgIpc) is 3.69. The van der Waals surface area contributed by atoms with Gasteiger partial charge in [0, 0.05) is 33.4 Å². The maximum atomic E-state index is 2.46. The van der Waals surface area contributed by atoms with Crippen molar-refractivity contribution >= 4 is 49.6 Å². The molecule has 10 aromatic carbocycles. The van der Waals surface area contributed by atoms with Gasteiger partial charge in [0.25, 0.3) is 0 Å². The molecular weight excluding hydrogens is 773 g/mol. The van der Waals surface area contributed by atoms with Crippen LogP contribution in [-0.2, 0) is 5.41 Å². The summed E-state index contributed by atoms with van der Waals surface area (Å²) in [7, 11) is 0. The van der Waals surface area contributed by atoms with E-state index in [1.165, 1.54) is 77.1 Å². The van der Waals surface area contributed by atoms with Crippen LogP contribution in [0.15, 0.2) is 237 Å². The Balaban J connectivity index is 0.999. The molecule has 0 amide bonds. The predicted molar refractivity (Wildman–Crippen MR) is 273 cm³/mol. The number of anilines is 3. The molecule has 0 unspecified atom stereocenters. The lowest BCUT2D eigenvalue weighted by Gasteiger charge is -2.26. The minimum atomic E-state index is 0.0963. The van der Waals surface area contributed by atoms with E-state index in [2.05, 4.69) is 267 Å². The van der Waals surface area contributed by atoms with Crippen LogP contribution in [0, 0.1) is 0 Å². The lowest BCUT2D eigenvalue weighted by atomic mass is 9.86. The first-order valence-electron chi connectivity index (χ1n) is 22.3. The molecule has 2 nitrogen and oxygen atoms in total. The Hall–Kier alpha value is -7.94. The summed E-state index contributed by atoms with van der Waals surface area (Å²) >= 11 is 0. The normalized spacial score (nSPS) is 11.7. The standard InChI is InChI=1S/C62H48N2/c1-62(2,3)49-35-27-48(28-36-49)56-23-14-26-60-61(56)57-21-10-12-25-59(57)64(60)58-24-11-9-20-55(58)47-33-41-52(42-34-47)63(50-37-29-44(30-38-50)43-15-5-4-6-16-43)51-39-31-46(32-40-51)54-22-13-18-45-17-7-8-19-53(45)54/h4-42H,1-3H3. The number of fused-ring (bicyclic) bond motifs is 4. The van der Waals surface area contributed by atoms with Crippen LogP contribution in [0.4, 0.5) is 17.1 Å². The minimum Gasteiger partial charge on any atom is -0.311 e. The van der Waals surface area contributed by atoms with Crippen LogP contribution in [0.1, 0.15) is 26.3 Å². The molecule has 2 heteroatoms. The smallest absolute Gasteiger partial charge is 0.0547 e. The van der Waals surface area contributed by atoms with Crippen molar-refractivity contribution < 1.29 is 0 Å². The maximum absolute atomic E-state index is 2.46. The van der Waals surface area contributed by atoms with Crippen LogP contribution in [0.5, 0.6) is 0 Å². The first-order valence-corrected chi connectivity index (χ1v) is 22.3. The molecule has 1 heterocycles. The van der Waals surface area contributed by atoms with E-state index >= 15 is 0 Å². The van der Waals surface area contributed by atoms with E-state index in [1.807, 2.05) is 0 Å². The Bertz CT molecular complexity index is 3420. The highest BCUT2D eigenvalue weighted by molar-refractivity contribution is 6.16. The van der Waals surface area contributed by atoms with Gasteiger partial charge in [-0.05, 0) is 115 Å². The summed E-state index contributed by atoms with van der Waals surface area (Å²) in [6, 6.07) is 86.4. The SMILES string of the molecule is CC(C)(C)c1ccc(-c2cccc3c2c2ccccc2n3-c2ccccc2-c2ccc(N(c3ccc(-c4ccccc4)cc3)c3ccc(-c4cccc5ccccc45)cc3)cc2)cc1. The Morgan fingerprint density at radius 3 is 1.47 bits per heavy atom. The molecule has 306 valence electrons. The summed E-state index contributed by atoms with van der Waals surface area (Å²) in [5, 5.41) is 5.02. The molecule has 0 atom stereocenters. The van der Waals surface area contributed by atoms with Crippen molar-refractivity contribution in [3.63, 3.8) is 0 Å². The number of hydrogen-bond acceptors (Lipinski definition) is 1. The summed E-state index contributed by atoms with van der Waals surface area (Å²) < 4.78 is 2.46. The first-order chi connectivity index (χ1) is 31.4. The van der Waals surface area contributed by atoms with Crippen molar-refractivity contribution in [2.24, 2.45) is 0 Å². The van der Waals surface area contributed by atoms with Gasteiger partial charge in [0.1, 0.15) is 0 Å². The zero-order valence-electron chi connectivity index (χ0n) is 36.4. The molecule has 0 saturated heterocycles. The quantitative estimate of drug-likeness (QED) is 0.148. The van der Waals surface area contributed by atoms with Crippen molar-refractivity contribution in [2.45, 2.75) is 26.2 Å². The second kappa shape index (κ2) is 16.1. The number of aromatic nitrogens is 1. The van der Waals surface area contributed by atoms with Gasteiger partial charge in [-0.2, -0.15) is 0 Å². The molecule has 11 rings (SSSR count). The fourth-order valence-electron chi connectivity index (χ4n) is 9.52. The number of nitrogens with zero attached hydrogens (tertiary/aromatic N) is 2. The van der Waals surface area contributed by atoms with Gasteiger partial charge in [0.15, 0.2) is 0 Å². The molecule has 0 radical (unpaired) electrons. The summed E-state index contributed by atoms with van der Waals surface area (Å²) in [5.41, 5.74) is 17.9. The fraction of sp³-hybridized carbons (Fsp3) is 0.0645. The Labute approximate surface area is 376 Å². The topological polar surface area (TPSA) is 8.17 Å². The molecule has 1 aromatic heterocycles. The third kappa shape index (κ3) is 7.04. The molecule has 0 fully saturated rings. The van der Waals surface area contributed by atoms with Crippen molar-refractivity contribution in [1.82, 2.24) is 4.57 Å². The molecule has 0 aliphatic heterocycles. The molecule has 0 spiro atoms. The van der Waals surface area contributed by atoms with E-state index in [4.69, 9.17) is 0 Å². The maximum Gasteiger partial charge on any atom is 0.0547 e. The highest BCUT2D eigenvalue weighted by Crippen LogP contribution is 2.43. The van der Waals surface area contributed by atoms with Crippen LogP contribution in [0.3, 0.4) is 0 Å². The summed E-state index contributed by atoms with van der Waals surface area (Å²) in [4.78, 5) is 2.36. The molecule has 0 saturated carbocycles. The summed E-state index contributed by atoms with van der Waals surface area (Å²) in [5.74, 6) is 0. The van der Waals surface area contributed by atoms with Gasteiger partial charge in [0.05, 0.1) is 16.7 Å². The highest BCUT2D eigenvalue weighted by atomic mass is 15.1. The molecule has 0 aliphatic rings. The lowest BCUT2D eigenvalue weighted by Crippen LogP contribution is -2.10. The van der Waals surface area contributed by atoms with E-state index in [0.717, 1.165) is 28.3 Å². The largest absolute Gasteiger partial charge is 0.311 e. The van der Waals surface area contributed by atoms with E-state index < -0.39 is 0 Å². The fourth-order valence-corrected chi connectivity index (χ4v) is 9.52. The van der Waals surface area contributed by atoms with Crippen LogP contribution in [-0.4, -0.2) is 4.57 Å². The van der Waals surface area contributed by atoms with Crippen molar-refractivity contribution in [1.29, 1.82) is 0 Å². The van der Waals surface area contributed by atoms with Crippen LogP contribution in [0.2, 0.25) is 0 Å². The number of benzene rings is 10. The van der Waals surface area contributed by atoms with Gasteiger partial charge in [0.2, 0.25) is 0 Å². The van der Waals surface area contributed by atoms with E-state index in [9.17, 15) is 0 Å². The van der Waals surface area contributed by atoms with Gasteiger partial charge in [-0.1, -0.05) is 203 Å². The Morgan fingerprint density at radius 2 is 0.781 bits per heavy atom. The average molecular weight is 821 g/mol. The number of rotatable bonds is 8. The van der Waals surface area contributed by atoms with Gasteiger partial charge >= 0.3 is 0 Å². The summed E-state index contributed by atoms with van der Waals surface area (Å²) in [6.45, 7) is 6.82. The first kappa shape index (κ1) is 38.9. The van der Waals surface area contributed by atoms with Crippen LogP contribution in [0.25, 0.3) is 82.8 Å². The van der Waals surface area contributed by atoms with Crippen LogP contribution < -0.4 is 4.90 Å². The molecule has 64 heavy (non-hydrogen) atoms. The van der Waals surface area contributed by atoms with Crippen molar-refractivity contribution in [3.8, 4) is 50.2 Å². The second-order valence-corrected chi connectivity index (χ2v) is 17.8. The summed E-state index contributed by atoms with van der Waals surface area (Å²) in [6.07, 6.45) is 0. The molecule has 0 N–H and O–H groups in total. The molecule has 11 aromatic rings. The monoisotopic (exact) mass is 820 g/mol.